The lowest BCUT2D eigenvalue weighted by atomic mass is 10.2. The summed E-state index contributed by atoms with van der Waals surface area (Å²) in [6.07, 6.45) is 0. The number of ether oxygens (including phenoxy) is 1. The fourth-order valence-electron chi connectivity index (χ4n) is 1.94. The molecule has 2 aromatic carbocycles. The molecule has 2 aromatic rings. The van der Waals surface area contributed by atoms with E-state index in [1.54, 1.807) is 12.1 Å². The topological polar surface area (TPSA) is 41.6 Å². The van der Waals surface area contributed by atoms with E-state index in [0.717, 1.165) is 12.3 Å². The van der Waals surface area contributed by atoms with Crippen molar-refractivity contribution in [3.05, 3.63) is 59.7 Å². The van der Waals surface area contributed by atoms with E-state index in [9.17, 15) is 4.79 Å². The molecule has 4 nitrogen and oxygen atoms in total. The number of likely N-dealkylation sites (N-methyl/N-ethyl adjacent to an activating group) is 1. The van der Waals surface area contributed by atoms with Gasteiger partial charge in [0.1, 0.15) is 11.5 Å². The van der Waals surface area contributed by atoms with Gasteiger partial charge in [-0.25, -0.2) is 0 Å². The third-order valence-corrected chi connectivity index (χ3v) is 3.20. The van der Waals surface area contributed by atoms with E-state index in [2.05, 4.69) is 5.32 Å². The average molecular weight is 298 g/mol. The molecule has 0 heterocycles. The first-order chi connectivity index (χ1) is 10.5. The van der Waals surface area contributed by atoms with Crippen LogP contribution in [-0.4, -0.2) is 38.0 Å². The minimum Gasteiger partial charge on any atom is -0.457 e. The number of hydrogen-bond acceptors (Lipinski definition) is 3. The second kappa shape index (κ2) is 7.61. The maximum Gasteiger partial charge on any atom is 0.251 e. The van der Waals surface area contributed by atoms with E-state index >= 15 is 0 Å². The Bertz CT molecular complexity index is 621. The monoisotopic (exact) mass is 298 g/mol. The van der Waals surface area contributed by atoms with Crippen LogP contribution in [0.5, 0.6) is 11.5 Å². The molecular weight excluding hydrogens is 276 g/mol. The number of nitrogens with one attached hydrogen (secondary N) is 1. The highest BCUT2D eigenvalue weighted by atomic mass is 16.5. The van der Waals surface area contributed by atoms with Crippen LogP contribution in [0, 0.1) is 6.92 Å². The van der Waals surface area contributed by atoms with Crippen molar-refractivity contribution in [1.29, 1.82) is 0 Å². The van der Waals surface area contributed by atoms with Crippen LogP contribution in [0.2, 0.25) is 0 Å². The van der Waals surface area contributed by atoms with Crippen molar-refractivity contribution in [3.63, 3.8) is 0 Å². The fraction of sp³-hybridized carbons (Fsp3) is 0.278. The van der Waals surface area contributed by atoms with E-state index in [1.165, 1.54) is 5.56 Å². The van der Waals surface area contributed by atoms with E-state index in [-0.39, 0.29) is 5.91 Å². The molecule has 0 atom stereocenters. The first kappa shape index (κ1) is 16.0. The van der Waals surface area contributed by atoms with Crippen molar-refractivity contribution in [2.24, 2.45) is 0 Å². The molecule has 0 aliphatic carbocycles. The van der Waals surface area contributed by atoms with Gasteiger partial charge in [0, 0.05) is 18.7 Å². The summed E-state index contributed by atoms with van der Waals surface area (Å²) >= 11 is 0. The van der Waals surface area contributed by atoms with Crippen molar-refractivity contribution in [1.82, 2.24) is 10.2 Å². The van der Waals surface area contributed by atoms with Crippen LogP contribution < -0.4 is 10.1 Å². The highest BCUT2D eigenvalue weighted by Crippen LogP contribution is 2.22. The summed E-state index contributed by atoms with van der Waals surface area (Å²) in [5.41, 5.74) is 1.78. The van der Waals surface area contributed by atoms with Gasteiger partial charge in [0.2, 0.25) is 0 Å². The van der Waals surface area contributed by atoms with Crippen LogP contribution in [0.15, 0.2) is 48.5 Å². The molecule has 0 saturated carbocycles. The van der Waals surface area contributed by atoms with Crippen LogP contribution >= 0.6 is 0 Å². The van der Waals surface area contributed by atoms with Gasteiger partial charge in [-0.15, -0.1) is 0 Å². The number of carbonyl (C=O) groups excluding carboxylic acids is 1. The molecule has 0 saturated heterocycles. The zero-order valence-corrected chi connectivity index (χ0v) is 13.3. The van der Waals surface area contributed by atoms with Crippen LogP contribution in [0.3, 0.4) is 0 Å². The van der Waals surface area contributed by atoms with Crippen LogP contribution in [0.25, 0.3) is 0 Å². The molecule has 1 amide bonds. The molecule has 0 radical (unpaired) electrons. The lowest BCUT2D eigenvalue weighted by Crippen LogP contribution is -2.31. The predicted octanol–water partition coefficient (Wildman–Crippen LogP) is 3.08. The van der Waals surface area contributed by atoms with Crippen molar-refractivity contribution in [2.45, 2.75) is 6.92 Å². The highest BCUT2D eigenvalue weighted by molar-refractivity contribution is 5.94. The van der Waals surface area contributed by atoms with Gasteiger partial charge in [0.05, 0.1) is 0 Å². The Balaban J connectivity index is 2.00. The Morgan fingerprint density at radius 1 is 1.09 bits per heavy atom. The number of rotatable bonds is 6. The van der Waals surface area contributed by atoms with E-state index in [0.29, 0.717) is 17.9 Å². The summed E-state index contributed by atoms with van der Waals surface area (Å²) in [5, 5.41) is 2.89. The van der Waals surface area contributed by atoms with Crippen LogP contribution in [-0.2, 0) is 0 Å². The summed E-state index contributed by atoms with van der Waals surface area (Å²) in [7, 11) is 3.95. The van der Waals surface area contributed by atoms with Crippen molar-refractivity contribution in [3.8, 4) is 11.5 Å². The Morgan fingerprint density at radius 3 is 2.50 bits per heavy atom. The van der Waals surface area contributed by atoms with E-state index in [1.807, 2.05) is 62.3 Å². The Morgan fingerprint density at radius 2 is 1.82 bits per heavy atom. The molecule has 1 N–H and O–H groups in total. The van der Waals surface area contributed by atoms with Crippen LogP contribution in [0.4, 0.5) is 0 Å². The van der Waals surface area contributed by atoms with Gasteiger partial charge in [-0.1, -0.05) is 23.8 Å². The summed E-state index contributed by atoms with van der Waals surface area (Å²) in [5.74, 6) is 1.33. The summed E-state index contributed by atoms with van der Waals surface area (Å²) in [6.45, 7) is 3.46. The number of aryl methyl sites for hydroxylation is 1. The average Bonchev–Trinajstić information content (AvgIpc) is 2.49. The van der Waals surface area contributed by atoms with Crippen molar-refractivity contribution < 1.29 is 9.53 Å². The Hall–Kier alpha value is -2.33. The molecule has 0 unspecified atom stereocenters. The Labute approximate surface area is 131 Å². The number of benzene rings is 2. The number of amides is 1. The zero-order valence-electron chi connectivity index (χ0n) is 13.3. The molecule has 0 bridgehead atoms. The third kappa shape index (κ3) is 4.90. The molecule has 4 heteroatoms. The normalized spacial score (nSPS) is 10.5. The first-order valence-corrected chi connectivity index (χ1v) is 7.32. The maximum absolute atomic E-state index is 12.1. The number of hydrogen-bond donors (Lipinski definition) is 1. The molecule has 2 rings (SSSR count). The zero-order chi connectivity index (χ0) is 15.9. The van der Waals surface area contributed by atoms with E-state index < -0.39 is 0 Å². The number of nitrogens with zero attached hydrogens (tertiary/aromatic N) is 1. The lowest BCUT2D eigenvalue weighted by Gasteiger charge is -2.11. The SMILES string of the molecule is Cc1ccc(Oc2cccc(C(=O)NCCN(C)C)c2)cc1. The second-order valence-corrected chi connectivity index (χ2v) is 5.50. The maximum atomic E-state index is 12.1. The summed E-state index contributed by atoms with van der Waals surface area (Å²) in [4.78, 5) is 14.1. The minimum atomic E-state index is -0.0868. The number of carbonyl (C=O) groups is 1. The van der Waals surface area contributed by atoms with Crippen LogP contribution in [0.1, 0.15) is 15.9 Å². The lowest BCUT2D eigenvalue weighted by molar-refractivity contribution is 0.0950. The summed E-state index contributed by atoms with van der Waals surface area (Å²) in [6, 6.07) is 15.0. The van der Waals surface area contributed by atoms with Gasteiger partial charge >= 0.3 is 0 Å². The smallest absolute Gasteiger partial charge is 0.251 e. The van der Waals surface area contributed by atoms with Gasteiger partial charge in [-0.05, 0) is 51.4 Å². The fourth-order valence-corrected chi connectivity index (χ4v) is 1.94. The second-order valence-electron chi connectivity index (χ2n) is 5.50. The van der Waals surface area contributed by atoms with Gasteiger partial charge in [-0.2, -0.15) is 0 Å². The first-order valence-electron chi connectivity index (χ1n) is 7.32. The molecule has 0 aromatic heterocycles. The highest BCUT2D eigenvalue weighted by Gasteiger charge is 2.07. The van der Waals surface area contributed by atoms with E-state index in [4.69, 9.17) is 4.74 Å². The molecule has 0 fully saturated rings. The van der Waals surface area contributed by atoms with Gasteiger partial charge < -0.3 is 15.0 Å². The molecule has 116 valence electrons. The minimum absolute atomic E-state index is 0.0868. The van der Waals surface area contributed by atoms with Crippen molar-refractivity contribution >= 4 is 5.91 Å². The molecule has 0 aliphatic rings. The molecular formula is C18H22N2O2. The molecule has 0 aliphatic heterocycles. The predicted molar refractivity (Wildman–Crippen MR) is 88.6 cm³/mol. The standard InChI is InChI=1S/C18H22N2O2/c1-14-7-9-16(10-8-14)22-17-6-4-5-15(13-17)18(21)19-11-12-20(2)3/h4-10,13H,11-12H2,1-3H3,(H,19,21). The largest absolute Gasteiger partial charge is 0.457 e. The molecule has 0 spiro atoms. The van der Waals surface area contributed by atoms with Crippen molar-refractivity contribution in [2.75, 3.05) is 27.2 Å². The third-order valence-electron chi connectivity index (χ3n) is 3.20. The van der Waals surface area contributed by atoms with Gasteiger partial charge in [-0.3, -0.25) is 4.79 Å². The Kier molecular flexibility index (Phi) is 5.55. The molecule has 22 heavy (non-hydrogen) atoms. The van der Waals surface area contributed by atoms with Gasteiger partial charge in [0.15, 0.2) is 0 Å². The van der Waals surface area contributed by atoms with Gasteiger partial charge in [0.25, 0.3) is 5.91 Å². The quantitative estimate of drug-likeness (QED) is 0.891. The summed E-state index contributed by atoms with van der Waals surface area (Å²) < 4.78 is 5.78.